The summed E-state index contributed by atoms with van der Waals surface area (Å²) in [5.74, 6) is -0.256. The third-order valence-electron chi connectivity index (χ3n) is 3.04. The highest BCUT2D eigenvalue weighted by molar-refractivity contribution is 9.10. The lowest BCUT2D eigenvalue weighted by molar-refractivity contribution is 0.102. The van der Waals surface area contributed by atoms with Gasteiger partial charge in [0.2, 0.25) is 0 Å². The predicted molar refractivity (Wildman–Crippen MR) is 87.4 cm³/mol. The number of rotatable bonds is 2. The molecular formula is C15H14BrClN2O. The van der Waals surface area contributed by atoms with E-state index in [0.717, 1.165) is 15.6 Å². The van der Waals surface area contributed by atoms with E-state index in [2.05, 4.69) is 21.2 Å². The minimum absolute atomic E-state index is 0.256. The van der Waals surface area contributed by atoms with Crippen molar-refractivity contribution in [1.82, 2.24) is 0 Å². The van der Waals surface area contributed by atoms with Crippen LogP contribution in [-0.2, 0) is 0 Å². The van der Waals surface area contributed by atoms with Crippen molar-refractivity contribution in [2.24, 2.45) is 0 Å². The second-order valence-corrected chi connectivity index (χ2v) is 5.92. The molecule has 0 aliphatic carbocycles. The van der Waals surface area contributed by atoms with E-state index in [1.807, 2.05) is 19.9 Å². The summed E-state index contributed by atoms with van der Waals surface area (Å²) >= 11 is 9.38. The summed E-state index contributed by atoms with van der Waals surface area (Å²) in [5, 5.41) is 3.23. The van der Waals surface area contributed by atoms with Crippen LogP contribution in [0.15, 0.2) is 34.8 Å². The Kier molecular flexibility index (Phi) is 4.35. The zero-order valence-electron chi connectivity index (χ0n) is 11.1. The first-order valence-electron chi connectivity index (χ1n) is 6.01. The van der Waals surface area contributed by atoms with Gasteiger partial charge in [-0.15, -0.1) is 0 Å². The van der Waals surface area contributed by atoms with E-state index in [1.165, 1.54) is 0 Å². The molecule has 1 amide bonds. The van der Waals surface area contributed by atoms with Gasteiger partial charge in [0.15, 0.2) is 0 Å². The molecule has 104 valence electrons. The van der Waals surface area contributed by atoms with Crippen LogP contribution in [0.25, 0.3) is 0 Å². The molecular weight excluding hydrogens is 340 g/mol. The van der Waals surface area contributed by atoms with E-state index >= 15 is 0 Å². The van der Waals surface area contributed by atoms with Crippen molar-refractivity contribution in [2.45, 2.75) is 13.8 Å². The molecule has 0 aliphatic rings. The molecule has 0 heterocycles. The highest BCUT2D eigenvalue weighted by Gasteiger charge is 2.12. The number of nitrogens with one attached hydrogen (secondary N) is 1. The van der Waals surface area contributed by atoms with Crippen molar-refractivity contribution < 1.29 is 4.79 Å². The van der Waals surface area contributed by atoms with E-state index in [-0.39, 0.29) is 5.91 Å². The maximum atomic E-state index is 12.2. The van der Waals surface area contributed by atoms with Crippen LogP contribution in [0.3, 0.4) is 0 Å². The van der Waals surface area contributed by atoms with E-state index < -0.39 is 0 Å². The summed E-state index contributed by atoms with van der Waals surface area (Å²) in [7, 11) is 0. The predicted octanol–water partition coefficient (Wildman–Crippen LogP) is 4.55. The van der Waals surface area contributed by atoms with Crippen LogP contribution >= 0.6 is 27.5 Å². The van der Waals surface area contributed by atoms with E-state index in [0.29, 0.717) is 22.0 Å². The third kappa shape index (κ3) is 3.14. The Balaban J connectivity index is 2.30. The summed E-state index contributed by atoms with van der Waals surface area (Å²) in [6.45, 7) is 3.85. The van der Waals surface area contributed by atoms with Crippen LogP contribution in [0.5, 0.6) is 0 Å². The second kappa shape index (κ2) is 5.85. The molecule has 2 aromatic carbocycles. The molecule has 20 heavy (non-hydrogen) atoms. The van der Waals surface area contributed by atoms with Gasteiger partial charge in [-0.2, -0.15) is 0 Å². The van der Waals surface area contributed by atoms with Crippen molar-refractivity contribution in [3.8, 4) is 0 Å². The van der Waals surface area contributed by atoms with Gasteiger partial charge in [-0.05, 0) is 49.2 Å². The Morgan fingerprint density at radius 2 is 1.90 bits per heavy atom. The minimum atomic E-state index is -0.256. The molecule has 2 aromatic rings. The van der Waals surface area contributed by atoms with Crippen LogP contribution in [0.4, 0.5) is 11.4 Å². The van der Waals surface area contributed by atoms with Gasteiger partial charge >= 0.3 is 0 Å². The molecule has 2 rings (SSSR count). The first-order valence-corrected chi connectivity index (χ1v) is 7.18. The molecule has 0 radical (unpaired) electrons. The molecule has 0 saturated heterocycles. The second-order valence-electron chi connectivity index (χ2n) is 4.60. The first-order chi connectivity index (χ1) is 9.38. The molecule has 0 spiro atoms. The number of hydrogen-bond acceptors (Lipinski definition) is 2. The van der Waals surface area contributed by atoms with Crippen LogP contribution in [0.2, 0.25) is 5.02 Å². The lowest BCUT2D eigenvalue weighted by atomic mass is 10.1. The number of hydrogen-bond donors (Lipinski definition) is 2. The monoisotopic (exact) mass is 352 g/mol. The SMILES string of the molecule is Cc1cc(C)c(NC(=O)c2ccc(Br)cc2Cl)cc1N. The van der Waals surface area contributed by atoms with Crippen molar-refractivity contribution in [3.63, 3.8) is 0 Å². The average Bonchev–Trinajstić information content (AvgIpc) is 2.35. The Bertz CT molecular complexity index is 686. The van der Waals surface area contributed by atoms with Gasteiger partial charge in [0.25, 0.3) is 5.91 Å². The molecule has 0 fully saturated rings. The molecule has 0 aromatic heterocycles. The summed E-state index contributed by atoms with van der Waals surface area (Å²) in [6, 6.07) is 8.84. The number of nitrogens with two attached hydrogens (primary N) is 1. The van der Waals surface area contributed by atoms with Crippen LogP contribution in [0.1, 0.15) is 21.5 Å². The van der Waals surface area contributed by atoms with Crippen molar-refractivity contribution in [2.75, 3.05) is 11.1 Å². The number of carbonyl (C=O) groups excluding carboxylic acids is 1. The number of benzene rings is 2. The number of halogens is 2. The van der Waals surface area contributed by atoms with Gasteiger partial charge in [-0.1, -0.05) is 33.6 Å². The smallest absolute Gasteiger partial charge is 0.257 e. The fourth-order valence-corrected chi connectivity index (χ4v) is 2.63. The Morgan fingerprint density at radius 1 is 1.20 bits per heavy atom. The van der Waals surface area contributed by atoms with Gasteiger partial charge in [0.05, 0.1) is 10.6 Å². The van der Waals surface area contributed by atoms with Crippen LogP contribution in [0, 0.1) is 13.8 Å². The Labute approximate surface area is 131 Å². The summed E-state index contributed by atoms with van der Waals surface area (Å²) in [4.78, 5) is 12.2. The van der Waals surface area contributed by atoms with E-state index in [1.54, 1.807) is 24.3 Å². The van der Waals surface area contributed by atoms with Gasteiger partial charge in [-0.3, -0.25) is 4.79 Å². The van der Waals surface area contributed by atoms with Crippen LogP contribution < -0.4 is 11.1 Å². The standard InChI is InChI=1S/C15H14BrClN2O/c1-8-5-9(2)14(7-13(8)18)19-15(20)11-4-3-10(16)6-12(11)17/h3-7H,18H2,1-2H3,(H,19,20). The number of nitrogen functional groups attached to an aromatic ring is 1. The van der Waals surface area contributed by atoms with E-state index in [4.69, 9.17) is 17.3 Å². The minimum Gasteiger partial charge on any atom is -0.398 e. The lowest BCUT2D eigenvalue weighted by Crippen LogP contribution is -2.13. The number of amides is 1. The molecule has 0 saturated carbocycles. The van der Waals surface area contributed by atoms with Crippen LogP contribution in [-0.4, -0.2) is 5.91 Å². The largest absolute Gasteiger partial charge is 0.398 e. The van der Waals surface area contributed by atoms with Gasteiger partial charge in [-0.25, -0.2) is 0 Å². The van der Waals surface area contributed by atoms with Crippen molar-refractivity contribution in [3.05, 3.63) is 56.5 Å². The average molecular weight is 354 g/mol. The number of carbonyl (C=O) groups is 1. The maximum Gasteiger partial charge on any atom is 0.257 e. The Hall–Kier alpha value is -1.52. The lowest BCUT2D eigenvalue weighted by Gasteiger charge is -2.12. The van der Waals surface area contributed by atoms with E-state index in [9.17, 15) is 4.79 Å². The quantitative estimate of drug-likeness (QED) is 0.778. The molecule has 5 heteroatoms. The summed E-state index contributed by atoms with van der Waals surface area (Å²) in [5.41, 5.74) is 9.58. The fraction of sp³-hybridized carbons (Fsp3) is 0.133. The third-order valence-corrected chi connectivity index (χ3v) is 3.84. The van der Waals surface area contributed by atoms with Gasteiger partial charge in [0.1, 0.15) is 0 Å². The van der Waals surface area contributed by atoms with Gasteiger partial charge < -0.3 is 11.1 Å². The summed E-state index contributed by atoms with van der Waals surface area (Å²) in [6.07, 6.45) is 0. The summed E-state index contributed by atoms with van der Waals surface area (Å²) < 4.78 is 0.829. The molecule has 0 unspecified atom stereocenters. The Morgan fingerprint density at radius 3 is 2.55 bits per heavy atom. The highest BCUT2D eigenvalue weighted by Crippen LogP contribution is 2.25. The molecule has 0 bridgehead atoms. The van der Waals surface area contributed by atoms with Crippen molar-refractivity contribution >= 4 is 44.8 Å². The zero-order valence-corrected chi connectivity index (χ0v) is 13.5. The molecule has 3 N–H and O–H groups in total. The maximum absolute atomic E-state index is 12.2. The normalized spacial score (nSPS) is 10.4. The number of aryl methyl sites for hydroxylation is 2. The highest BCUT2D eigenvalue weighted by atomic mass is 79.9. The zero-order chi connectivity index (χ0) is 14.9. The number of anilines is 2. The topological polar surface area (TPSA) is 55.1 Å². The first kappa shape index (κ1) is 14.9. The van der Waals surface area contributed by atoms with Crippen molar-refractivity contribution in [1.29, 1.82) is 0 Å². The molecule has 3 nitrogen and oxygen atoms in total. The molecule has 0 atom stereocenters. The fourth-order valence-electron chi connectivity index (χ4n) is 1.87. The molecule has 0 aliphatic heterocycles. The van der Waals surface area contributed by atoms with Gasteiger partial charge in [0, 0.05) is 15.8 Å².